The Morgan fingerprint density at radius 2 is 1.63 bits per heavy atom. The van der Waals surface area contributed by atoms with Crippen molar-refractivity contribution in [2.45, 2.75) is 52.9 Å². The molecule has 0 radical (unpaired) electrons. The highest BCUT2D eigenvalue weighted by Gasteiger charge is 2.32. The molecular weight excluding hydrogens is 353 g/mol. The summed E-state index contributed by atoms with van der Waals surface area (Å²) in [5.74, 6) is -0.438. The Kier molecular flexibility index (Phi) is 6.19. The van der Waals surface area contributed by atoms with E-state index in [1.165, 1.54) is 6.07 Å². The van der Waals surface area contributed by atoms with Gasteiger partial charge in [-0.1, -0.05) is 17.7 Å². The lowest BCUT2D eigenvalue weighted by Crippen LogP contribution is -2.37. The van der Waals surface area contributed by atoms with Crippen LogP contribution in [0, 0.1) is 6.92 Å². The third-order valence-electron chi connectivity index (χ3n) is 4.24. The minimum absolute atomic E-state index is 0.0522. The number of rotatable bonds is 5. The molecule has 0 saturated carbocycles. The topological polar surface area (TPSA) is 32.3 Å². The first-order valence-corrected chi connectivity index (χ1v) is 8.88. The Balaban J connectivity index is 2.51. The highest BCUT2D eigenvalue weighted by Crippen LogP contribution is 2.37. The van der Waals surface area contributed by atoms with Gasteiger partial charge in [-0.2, -0.15) is 13.2 Å². The molecule has 146 valence electrons. The third kappa shape index (κ3) is 5.02. The van der Waals surface area contributed by atoms with Gasteiger partial charge >= 0.3 is 6.18 Å². The van der Waals surface area contributed by atoms with Gasteiger partial charge < -0.3 is 10.2 Å². The lowest BCUT2D eigenvalue weighted by Gasteiger charge is -2.35. The zero-order valence-electron chi connectivity index (χ0n) is 16.2. The van der Waals surface area contributed by atoms with Crippen molar-refractivity contribution in [2.75, 3.05) is 10.2 Å². The Labute approximate surface area is 158 Å². The lowest BCUT2D eigenvalue weighted by molar-refractivity contribution is -0.137. The van der Waals surface area contributed by atoms with Gasteiger partial charge in [0.15, 0.2) is 0 Å². The molecule has 2 aromatic rings. The van der Waals surface area contributed by atoms with E-state index in [2.05, 4.69) is 5.32 Å². The average Bonchev–Trinajstić information content (AvgIpc) is 2.54. The molecule has 0 aliphatic carbocycles. The molecule has 0 aliphatic rings. The molecule has 0 aromatic heterocycles. The lowest BCUT2D eigenvalue weighted by atomic mass is 10.1. The summed E-state index contributed by atoms with van der Waals surface area (Å²) in [7, 11) is 0. The first-order chi connectivity index (χ1) is 12.5. The van der Waals surface area contributed by atoms with Crippen molar-refractivity contribution >= 4 is 17.3 Å². The van der Waals surface area contributed by atoms with Crippen LogP contribution in [0.3, 0.4) is 0 Å². The fourth-order valence-electron chi connectivity index (χ4n) is 3.17. The van der Waals surface area contributed by atoms with E-state index < -0.39 is 17.6 Å². The van der Waals surface area contributed by atoms with Crippen molar-refractivity contribution < 1.29 is 18.0 Å². The molecule has 0 heterocycles. The van der Waals surface area contributed by atoms with Crippen LogP contribution in [-0.2, 0) is 6.18 Å². The van der Waals surface area contributed by atoms with Crippen LogP contribution in [0.4, 0.5) is 24.5 Å². The van der Waals surface area contributed by atoms with E-state index >= 15 is 0 Å². The van der Waals surface area contributed by atoms with Crippen LogP contribution in [0.5, 0.6) is 0 Å². The summed E-state index contributed by atoms with van der Waals surface area (Å²) in [6.45, 7) is 9.70. The number of alkyl halides is 3. The number of nitrogens with zero attached hydrogens (tertiary/aromatic N) is 1. The third-order valence-corrected chi connectivity index (χ3v) is 4.24. The molecule has 2 rings (SSSR count). The van der Waals surface area contributed by atoms with Crippen molar-refractivity contribution in [1.82, 2.24) is 0 Å². The quantitative estimate of drug-likeness (QED) is 0.704. The maximum absolute atomic E-state index is 13.2. The fraction of sp³-hybridized carbons (Fsp3) is 0.381. The number of nitrogens with one attached hydrogen (secondary N) is 1. The van der Waals surface area contributed by atoms with Crippen molar-refractivity contribution in [1.29, 1.82) is 0 Å². The minimum atomic E-state index is -4.48. The molecular formula is C21H25F3N2O. The van der Waals surface area contributed by atoms with E-state index in [0.29, 0.717) is 11.3 Å². The van der Waals surface area contributed by atoms with Crippen LogP contribution in [0.15, 0.2) is 42.5 Å². The number of carbonyl (C=O) groups excluding carboxylic acids is 1. The Morgan fingerprint density at radius 3 is 2.15 bits per heavy atom. The molecule has 0 aliphatic heterocycles. The van der Waals surface area contributed by atoms with Gasteiger partial charge in [-0.15, -0.1) is 0 Å². The normalized spacial score (nSPS) is 11.8. The van der Waals surface area contributed by atoms with Crippen LogP contribution in [-0.4, -0.2) is 18.0 Å². The van der Waals surface area contributed by atoms with E-state index in [9.17, 15) is 18.0 Å². The summed E-state index contributed by atoms with van der Waals surface area (Å²) >= 11 is 0. The number of hydrogen-bond donors (Lipinski definition) is 1. The Bertz CT molecular complexity index is 805. The first-order valence-electron chi connectivity index (χ1n) is 8.88. The number of halogens is 3. The molecule has 0 spiro atoms. The number of aryl methyl sites for hydroxylation is 1. The molecule has 27 heavy (non-hydrogen) atoms. The molecule has 6 heteroatoms. The van der Waals surface area contributed by atoms with E-state index in [1.54, 1.807) is 18.2 Å². The molecule has 1 amide bonds. The number of carbonyl (C=O) groups is 1. The van der Waals surface area contributed by atoms with Gasteiger partial charge in [-0.05, 0) is 65.0 Å². The second-order valence-electron chi connectivity index (χ2n) is 7.15. The molecule has 2 aromatic carbocycles. The van der Waals surface area contributed by atoms with Gasteiger partial charge in [0, 0.05) is 17.6 Å². The van der Waals surface area contributed by atoms with Crippen LogP contribution in [0.1, 0.15) is 49.2 Å². The van der Waals surface area contributed by atoms with Gasteiger partial charge in [-0.3, -0.25) is 4.79 Å². The molecule has 1 N–H and O–H groups in total. The maximum Gasteiger partial charge on any atom is 0.416 e. The SMILES string of the molecule is Cc1cccc(C(=O)Nc2cc(C(F)(F)F)ccc2N(C(C)C)C(C)C)c1. The van der Waals surface area contributed by atoms with Gasteiger partial charge in [0.1, 0.15) is 0 Å². The predicted molar refractivity (Wildman–Crippen MR) is 103 cm³/mol. The fourth-order valence-corrected chi connectivity index (χ4v) is 3.17. The molecule has 0 unspecified atom stereocenters. The highest BCUT2D eigenvalue weighted by molar-refractivity contribution is 6.06. The largest absolute Gasteiger partial charge is 0.416 e. The Hall–Kier alpha value is -2.50. The summed E-state index contributed by atoms with van der Waals surface area (Å²) < 4.78 is 39.6. The molecule has 0 atom stereocenters. The van der Waals surface area contributed by atoms with Crippen molar-refractivity contribution in [3.63, 3.8) is 0 Å². The molecule has 3 nitrogen and oxygen atoms in total. The standard InChI is InChI=1S/C21H25F3N2O/c1-13(2)26(14(3)4)19-10-9-17(21(22,23)24)12-18(19)25-20(27)16-8-6-7-15(5)11-16/h6-14H,1-5H3,(H,25,27). The van der Waals surface area contributed by atoms with Gasteiger partial charge in [-0.25, -0.2) is 0 Å². The Morgan fingerprint density at radius 1 is 1.00 bits per heavy atom. The molecule has 0 saturated heterocycles. The first kappa shape index (κ1) is 20.8. The van der Waals surface area contributed by atoms with Crippen LogP contribution in [0.25, 0.3) is 0 Å². The van der Waals surface area contributed by atoms with Crippen molar-refractivity contribution in [3.05, 3.63) is 59.2 Å². The monoisotopic (exact) mass is 378 g/mol. The summed E-state index contributed by atoms with van der Waals surface area (Å²) in [4.78, 5) is 14.6. The van der Waals surface area contributed by atoms with Crippen LogP contribution in [0.2, 0.25) is 0 Å². The zero-order chi connectivity index (χ0) is 20.4. The van der Waals surface area contributed by atoms with E-state index in [1.807, 2.05) is 45.6 Å². The molecule has 0 bridgehead atoms. The van der Waals surface area contributed by atoms with Gasteiger partial charge in [0.25, 0.3) is 5.91 Å². The van der Waals surface area contributed by atoms with Crippen LogP contribution >= 0.6 is 0 Å². The van der Waals surface area contributed by atoms with E-state index in [4.69, 9.17) is 0 Å². The van der Waals surface area contributed by atoms with Crippen LogP contribution < -0.4 is 10.2 Å². The predicted octanol–water partition coefficient (Wildman–Crippen LogP) is 5.89. The van der Waals surface area contributed by atoms with Crippen molar-refractivity contribution in [2.24, 2.45) is 0 Å². The summed E-state index contributed by atoms with van der Waals surface area (Å²) in [6, 6.07) is 10.5. The number of anilines is 2. The van der Waals surface area contributed by atoms with Gasteiger partial charge in [0.2, 0.25) is 0 Å². The smallest absolute Gasteiger partial charge is 0.365 e. The number of amides is 1. The minimum Gasteiger partial charge on any atom is -0.365 e. The summed E-state index contributed by atoms with van der Waals surface area (Å²) in [5.41, 5.74) is 1.22. The van der Waals surface area contributed by atoms with Crippen molar-refractivity contribution in [3.8, 4) is 0 Å². The highest BCUT2D eigenvalue weighted by atomic mass is 19.4. The maximum atomic E-state index is 13.2. The summed E-state index contributed by atoms with van der Waals surface area (Å²) in [5, 5.41) is 2.68. The summed E-state index contributed by atoms with van der Waals surface area (Å²) in [6.07, 6.45) is -4.48. The second-order valence-corrected chi connectivity index (χ2v) is 7.15. The van der Waals surface area contributed by atoms with E-state index in [0.717, 1.165) is 17.7 Å². The average molecular weight is 378 g/mol. The van der Waals surface area contributed by atoms with Gasteiger partial charge in [0.05, 0.1) is 16.9 Å². The van der Waals surface area contributed by atoms with E-state index in [-0.39, 0.29) is 17.8 Å². The number of hydrogen-bond acceptors (Lipinski definition) is 2. The zero-order valence-corrected chi connectivity index (χ0v) is 16.2. The molecule has 0 fully saturated rings. The second kappa shape index (κ2) is 8.03. The number of benzene rings is 2.